The summed E-state index contributed by atoms with van der Waals surface area (Å²) in [6.45, 7) is 5.69. The van der Waals surface area contributed by atoms with Crippen molar-refractivity contribution in [2.45, 2.75) is 26.7 Å². The molecule has 0 atom stereocenters. The molecule has 6 nitrogen and oxygen atoms in total. The quantitative estimate of drug-likeness (QED) is 0.657. The molecule has 3 aromatic rings. The third-order valence-corrected chi connectivity index (χ3v) is 6.09. The molecule has 0 radical (unpaired) electrons. The topological polar surface area (TPSA) is 67.3 Å². The van der Waals surface area contributed by atoms with E-state index in [-0.39, 0.29) is 11.8 Å². The van der Waals surface area contributed by atoms with E-state index in [0.717, 1.165) is 60.0 Å². The van der Waals surface area contributed by atoms with Crippen LogP contribution in [-0.4, -0.2) is 36.3 Å². The molecule has 0 bridgehead atoms. The van der Waals surface area contributed by atoms with Gasteiger partial charge in [0.25, 0.3) is 0 Å². The fourth-order valence-electron chi connectivity index (χ4n) is 3.90. The lowest BCUT2D eigenvalue weighted by atomic mass is 9.95. The van der Waals surface area contributed by atoms with E-state index in [4.69, 9.17) is 4.74 Å². The fourth-order valence-corrected chi connectivity index (χ4v) is 3.90. The second-order valence-electron chi connectivity index (χ2n) is 8.00. The predicted octanol–water partition coefficient (Wildman–Crippen LogP) is 4.62. The number of aromatic nitrogens is 2. The van der Waals surface area contributed by atoms with Crippen molar-refractivity contribution < 1.29 is 9.53 Å². The molecular formula is C25H28N4O2. The van der Waals surface area contributed by atoms with Crippen LogP contribution in [0.3, 0.4) is 0 Å². The molecule has 1 N–H and O–H groups in total. The molecule has 1 fully saturated rings. The van der Waals surface area contributed by atoms with Crippen LogP contribution in [0.1, 0.15) is 24.0 Å². The number of carbonyl (C=O) groups excluding carboxylic acids is 1. The lowest BCUT2D eigenvalue weighted by molar-refractivity contribution is -0.120. The first-order valence-electron chi connectivity index (χ1n) is 10.7. The largest absolute Gasteiger partial charge is 0.497 e. The summed E-state index contributed by atoms with van der Waals surface area (Å²) in [5.74, 6) is 1.79. The van der Waals surface area contributed by atoms with Crippen LogP contribution in [-0.2, 0) is 4.79 Å². The predicted molar refractivity (Wildman–Crippen MR) is 124 cm³/mol. The van der Waals surface area contributed by atoms with Gasteiger partial charge in [-0.05, 0) is 80.3 Å². The molecule has 0 spiro atoms. The molecular weight excluding hydrogens is 388 g/mol. The van der Waals surface area contributed by atoms with Crippen molar-refractivity contribution in [1.82, 2.24) is 10.2 Å². The summed E-state index contributed by atoms with van der Waals surface area (Å²) >= 11 is 0. The van der Waals surface area contributed by atoms with Gasteiger partial charge in [-0.25, -0.2) is 0 Å². The molecule has 2 aromatic carbocycles. The Morgan fingerprint density at radius 1 is 1.00 bits per heavy atom. The number of aryl methyl sites for hydroxylation is 1. The van der Waals surface area contributed by atoms with Gasteiger partial charge in [0.1, 0.15) is 5.75 Å². The molecule has 1 saturated heterocycles. The van der Waals surface area contributed by atoms with E-state index in [0.29, 0.717) is 0 Å². The minimum atomic E-state index is 0.0164. The Balaban J connectivity index is 1.35. The second kappa shape index (κ2) is 9.16. The van der Waals surface area contributed by atoms with Crippen LogP contribution in [0.15, 0.2) is 54.6 Å². The van der Waals surface area contributed by atoms with E-state index in [1.54, 1.807) is 7.11 Å². The van der Waals surface area contributed by atoms with Crippen molar-refractivity contribution >= 4 is 17.4 Å². The van der Waals surface area contributed by atoms with Gasteiger partial charge in [-0.3, -0.25) is 4.79 Å². The Hall–Kier alpha value is -3.41. The molecule has 31 heavy (non-hydrogen) atoms. The zero-order valence-corrected chi connectivity index (χ0v) is 18.3. The van der Waals surface area contributed by atoms with E-state index < -0.39 is 0 Å². The highest BCUT2D eigenvalue weighted by molar-refractivity contribution is 5.93. The maximum absolute atomic E-state index is 12.8. The molecule has 0 unspecified atom stereocenters. The van der Waals surface area contributed by atoms with Gasteiger partial charge in [-0.1, -0.05) is 12.1 Å². The van der Waals surface area contributed by atoms with E-state index in [1.807, 2.05) is 55.5 Å². The van der Waals surface area contributed by atoms with E-state index in [2.05, 4.69) is 33.4 Å². The molecule has 1 aliphatic rings. The lowest BCUT2D eigenvalue weighted by Gasteiger charge is -2.32. The first-order valence-corrected chi connectivity index (χ1v) is 10.7. The van der Waals surface area contributed by atoms with Crippen LogP contribution < -0.4 is 15.0 Å². The maximum atomic E-state index is 12.8. The number of ether oxygens (including phenoxy) is 1. The molecule has 1 amide bonds. The molecule has 1 aliphatic heterocycles. The molecule has 6 heteroatoms. The van der Waals surface area contributed by atoms with Crippen LogP contribution >= 0.6 is 0 Å². The van der Waals surface area contributed by atoms with Crippen LogP contribution in [0.2, 0.25) is 0 Å². The first-order chi connectivity index (χ1) is 15.0. The number of nitrogens with zero attached hydrogens (tertiary/aromatic N) is 3. The summed E-state index contributed by atoms with van der Waals surface area (Å²) < 4.78 is 5.20. The number of amides is 1. The van der Waals surface area contributed by atoms with Gasteiger partial charge in [-0.15, -0.1) is 10.2 Å². The molecule has 160 valence electrons. The number of hydrogen-bond acceptors (Lipinski definition) is 5. The van der Waals surface area contributed by atoms with Gasteiger partial charge in [0.15, 0.2) is 5.82 Å². The van der Waals surface area contributed by atoms with Crippen molar-refractivity contribution in [2.24, 2.45) is 5.92 Å². The number of anilines is 2. The van der Waals surface area contributed by atoms with Gasteiger partial charge in [0.2, 0.25) is 5.91 Å². The Morgan fingerprint density at radius 3 is 2.39 bits per heavy atom. The average molecular weight is 417 g/mol. The van der Waals surface area contributed by atoms with Crippen LogP contribution in [0.5, 0.6) is 5.75 Å². The molecule has 2 heterocycles. The van der Waals surface area contributed by atoms with Crippen LogP contribution in [0, 0.1) is 19.8 Å². The minimum Gasteiger partial charge on any atom is -0.497 e. The number of hydrogen-bond donors (Lipinski definition) is 1. The number of rotatable bonds is 5. The van der Waals surface area contributed by atoms with E-state index >= 15 is 0 Å². The zero-order valence-electron chi connectivity index (χ0n) is 18.3. The van der Waals surface area contributed by atoms with Gasteiger partial charge in [0.05, 0.1) is 12.8 Å². The number of nitrogens with one attached hydrogen (secondary N) is 1. The van der Waals surface area contributed by atoms with Crippen molar-refractivity contribution in [2.75, 3.05) is 30.4 Å². The van der Waals surface area contributed by atoms with Gasteiger partial charge in [-0.2, -0.15) is 0 Å². The van der Waals surface area contributed by atoms with Gasteiger partial charge in [0, 0.05) is 30.3 Å². The lowest BCUT2D eigenvalue weighted by Crippen LogP contribution is -2.38. The Morgan fingerprint density at radius 2 is 1.74 bits per heavy atom. The monoisotopic (exact) mass is 416 g/mol. The third-order valence-electron chi connectivity index (χ3n) is 6.09. The van der Waals surface area contributed by atoms with Crippen LogP contribution in [0.25, 0.3) is 11.3 Å². The number of piperidine rings is 1. The molecule has 0 aliphatic carbocycles. The van der Waals surface area contributed by atoms with E-state index in [1.165, 1.54) is 5.56 Å². The second-order valence-corrected chi connectivity index (χ2v) is 8.00. The highest BCUT2D eigenvalue weighted by atomic mass is 16.5. The van der Waals surface area contributed by atoms with Crippen LogP contribution in [0.4, 0.5) is 11.5 Å². The fraction of sp³-hybridized carbons (Fsp3) is 0.320. The van der Waals surface area contributed by atoms with Gasteiger partial charge >= 0.3 is 0 Å². The summed E-state index contributed by atoms with van der Waals surface area (Å²) in [6, 6.07) is 17.8. The highest BCUT2D eigenvalue weighted by Crippen LogP contribution is 2.26. The normalized spacial score (nSPS) is 14.4. The summed E-state index contributed by atoms with van der Waals surface area (Å²) in [5.41, 5.74) is 5.05. The summed E-state index contributed by atoms with van der Waals surface area (Å²) in [7, 11) is 1.65. The average Bonchev–Trinajstić information content (AvgIpc) is 2.82. The van der Waals surface area contributed by atoms with Crippen molar-refractivity contribution in [3.05, 3.63) is 65.7 Å². The van der Waals surface area contributed by atoms with Crippen molar-refractivity contribution in [3.63, 3.8) is 0 Å². The SMILES string of the molecule is COc1ccc(-c2ccc(N3CCC(C(=O)Nc4cccc(C)c4C)CC3)nn2)cc1. The van der Waals surface area contributed by atoms with Crippen molar-refractivity contribution in [1.29, 1.82) is 0 Å². The number of carbonyl (C=O) groups is 1. The molecule has 0 saturated carbocycles. The zero-order chi connectivity index (χ0) is 21.8. The Bertz CT molecular complexity index is 1040. The number of methoxy groups -OCH3 is 1. The molecule has 4 rings (SSSR count). The molecule has 1 aromatic heterocycles. The first kappa shape index (κ1) is 20.8. The summed E-state index contributed by atoms with van der Waals surface area (Å²) in [4.78, 5) is 15.0. The van der Waals surface area contributed by atoms with Crippen molar-refractivity contribution in [3.8, 4) is 17.0 Å². The smallest absolute Gasteiger partial charge is 0.227 e. The highest BCUT2D eigenvalue weighted by Gasteiger charge is 2.26. The third kappa shape index (κ3) is 4.68. The standard InChI is InChI=1S/C25H28N4O2/c1-17-5-4-6-22(18(17)2)26-25(30)20-13-15-29(16-14-20)24-12-11-23(27-28-24)19-7-9-21(31-3)10-8-19/h4-12,20H,13-16H2,1-3H3,(H,26,30). The van der Waals surface area contributed by atoms with E-state index in [9.17, 15) is 4.79 Å². The Labute approximate surface area is 183 Å². The Kier molecular flexibility index (Phi) is 6.16. The minimum absolute atomic E-state index is 0.0164. The summed E-state index contributed by atoms with van der Waals surface area (Å²) in [5, 5.41) is 11.9. The summed E-state index contributed by atoms with van der Waals surface area (Å²) in [6.07, 6.45) is 1.61. The van der Waals surface area contributed by atoms with Gasteiger partial charge < -0.3 is 15.0 Å². The number of benzene rings is 2. The maximum Gasteiger partial charge on any atom is 0.227 e.